The standard InChI is InChI=1S/C13H24N4/c1-2-17-9-3-5-13(17)11-14-6-4-8-16-10-7-15-12-16/h7,10,12-14H,2-6,8-9,11H2,1H3. The van der Waals surface area contributed by atoms with Gasteiger partial charge in [0.2, 0.25) is 0 Å². The molecule has 1 aromatic rings. The Balaban J connectivity index is 1.54. The minimum Gasteiger partial charge on any atom is -0.337 e. The predicted octanol–water partition coefficient (Wildman–Crippen LogP) is 1.35. The van der Waals surface area contributed by atoms with Crippen LogP contribution in [0.1, 0.15) is 26.2 Å². The number of aromatic nitrogens is 2. The van der Waals surface area contributed by atoms with E-state index in [1.54, 1.807) is 0 Å². The molecule has 96 valence electrons. The average molecular weight is 236 g/mol. The Morgan fingerprint density at radius 3 is 3.18 bits per heavy atom. The quantitative estimate of drug-likeness (QED) is 0.725. The summed E-state index contributed by atoms with van der Waals surface area (Å²) in [5.41, 5.74) is 0. The maximum absolute atomic E-state index is 4.04. The number of hydrogen-bond acceptors (Lipinski definition) is 3. The van der Waals surface area contributed by atoms with E-state index in [9.17, 15) is 0 Å². The van der Waals surface area contributed by atoms with E-state index in [0.717, 1.165) is 25.7 Å². The first-order valence-electron chi connectivity index (χ1n) is 6.80. The van der Waals surface area contributed by atoms with Crippen molar-refractivity contribution < 1.29 is 0 Å². The molecule has 17 heavy (non-hydrogen) atoms. The molecule has 1 N–H and O–H groups in total. The Morgan fingerprint density at radius 2 is 2.41 bits per heavy atom. The van der Waals surface area contributed by atoms with Gasteiger partial charge in [-0.1, -0.05) is 6.92 Å². The van der Waals surface area contributed by atoms with Crippen molar-refractivity contribution >= 4 is 0 Å². The third kappa shape index (κ3) is 3.82. The summed E-state index contributed by atoms with van der Waals surface area (Å²) in [5, 5.41) is 3.58. The highest BCUT2D eigenvalue weighted by molar-refractivity contribution is 4.80. The molecule has 4 heteroatoms. The molecule has 1 unspecified atom stereocenters. The van der Waals surface area contributed by atoms with Crippen LogP contribution in [0.5, 0.6) is 0 Å². The number of rotatable bonds is 7. The molecule has 0 aliphatic carbocycles. The van der Waals surface area contributed by atoms with Gasteiger partial charge in [0.1, 0.15) is 0 Å². The molecule has 1 atom stereocenters. The smallest absolute Gasteiger partial charge is 0.0945 e. The average Bonchev–Trinajstić information content (AvgIpc) is 2.98. The molecule has 1 aliphatic rings. The molecule has 1 aromatic heterocycles. The summed E-state index contributed by atoms with van der Waals surface area (Å²) in [7, 11) is 0. The summed E-state index contributed by atoms with van der Waals surface area (Å²) < 4.78 is 2.13. The van der Waals surface area contributed by atoms with Gasteiger partial charge in [0, 0.05) is 31.5 Å². The van der Waals surface area contributed by atoms with E-state index in [0.29, 0.717) is 0 Å². The number of likely N-dealkylation sites (N-methyl/N-ethyl adjacent to an activating group) is 1. The zero-order chi connectivity index (χ0) is 11.9. The van der Waals surface area contributed by atoms with E-state index in [4.69, 9.17) is 0 Å². The van der Waals surface area contributed by atoms with Crippen LogP contribution in [-0.4, -0.2) is 46.7 Å². The Kier molecular flexibility index (Phi) is 5.01. The Labute approximate surface area is 104 Å². The first kappa shape index (κ1) is 12.6. The zero-order valence-electron chi connectivity index (χ0n) is 10.8. The largest absolute Gasteiger partial charge is 0.337 e. The van der Waals surface area contributed by atoms with E-state index >= 15 is 0 Å². The van der Waals surface area contributed by atoms with Crippen LogP contribution in [0.15, 0.2) is 18.7 Å². The summed E-state index contributed by atoms with van der Waals surface area (Å²) in [6, 6.07) is 0.772. The van der Waals surface area contributed by atoms with E-state index in [1.165, 1.54) is 32.4 Å². The normalized spacial score (nSPS) is 21.1. The molecule has 0 amide bonds. The fourth-order valence-electron chi connectivity index (χ4n) is 2.62. The lowest BCUT2D eigenvalue weighted by Crippen LogP contribution is -2.38. The predicted molar refractivity (Wildman–Crippen MR) is 70.0 cm³/mol. The topological polar surface area (TPSA) is 33.1 Å². The van der Waals surface area contributed by atoms with Gasteiger partial charge < -0.3 is 9.88 Å². The minimum absolute atomic E-state index is 0.772. The number of imidazole rings is 1. The van der Waals surface area contributed by atoms with Crippen LogP contribution < -0.4 is 5.32 Å². The number of likely N-dealkylation sites (tertiary alicyclic amines) is 1. The number of hydrogen-bond donors (Lipinski definition) is 1. The lowest BCUT2D eigenvalue weighted by atomic mass is 10.2. The van der Waals surface area contributed by atoms with Gasteiger partial charge >= 0.3 is 0 Å². The molecule has 0 spiro atoms. The summed E-state index contributed by atoms with van der Waals surface area (Å²) in [4.78, 5) is 6.63. The second-order valence-electron chi connectivity index (χ2n) is 4.78. The summed E-state index contributed by atoms with van der Waals surface area (Å²) in [6.45, 7) is 8.07. The lowest BCUT2D eigenvalue weighted by Gasteiger charge is -2.22. The van der Waals surface area contributed by atoms with E-state index in [1.807, 2.05) is 18.7 Å². The van der Waals surface area contributed by atoms with Gasteiger partial charge in [-0.05, 0) is 38.9 Å². The molecule has 2 rings (SSSR count). The van der Waals surface area contributed by atoms with Crippen molar-refractivity contribution in [2.75, 3.05) is 26.2 Å². The van der Waals surface area contributed by atoms with Crippen molar-refractivity contribution in [3.05, 3.63) is 18.7 Å². The van der Waals surface area contributed by atoms with E-state index in [-0.39, 0.29) is 0 Å². The molecule has 1 aliphatic heterocycles. The van der Waals surface area contributed by atoms with Gasteiger partial charge in [-0.25, -0.2) is 4.98 Å². The van der Waals surface area contributed by atoms with Crippen molar-refractivity contribution in [3.8, 4) is 0 Å². The van der Waals surface area contributed by atoms with Crippen molar-refractivity contribution in [3.63, 3.8) is 0 Å². The highest BCUT2D eigenvalue weighted by Crippen LogP contribution is 2.15. The summed E-state index contributed by atoms with van der Waals surface area (Å²) >= 11 is 0. The molecule has 0 radical (unpaired) electrons. The molecular formula is C13H24N4. The van der Waals surface area contributed by atoms with Gasteiger partial charge in [0.05, 0.1) is 6.33 Å². The van der Waals surface area contributed by atoms with Crippen molar-refractivity contribution in [1.82, 2.24) is 19.8 Å². The first-order chi connectivity index (χ1) is 8.40. The van der Waals surface area contributed by atoms with Crippen LogP contribution in [0, 0.1) is 0 Å². The molecule has 2 heterocycles. The van der Waals surface area contributed by atoms with Gasteiger partial charge in [0.15, 0.2) is 0 Å². The maximum atomic E-state index is 4.04. The Hall–Kier alpha value is -0.870. The molecule has 4 nitrogen and oxygen atoms in total. The third-order valence-electron chi connectivity index (χ3n) is 3.61. The molecule has 1 saturated heterocycles. The van der Waals surface area contributed by atoms with Gasteiger partial charge in [-0.2, -0.15) is 0 Å². The van der Waals surface area contributed by atoms with Crippen molar-refractivity contribution in [2.24, 2.45) is 0 Å². The highest BCUT2D eigenvalue weighted by Gasteiger charge is 2.21. The Morgan fingerprint density at radius 1 is 1.47 bits per heavy atom. The number of aryl methyl sites for hydroxylation is 1. The third-order valence-corrected chi connectivity index (χ3v) is 3.61. The Bertz CT molecular complexity index is 296. The van der Waals surface area contributed by atoms with Crippen LogP contribution in [-0.2, 0) is 6.54 Å². The monoisotopic (exact) mass is 236 g/mol. The number of nitrogens with one attached hydrogen (secondary N) is 1. The van der Waals surface area contributed by atoms with Crippen molar-refractivity contribution in [1.29, 1.82) is 0 Å². The van der Waals surface area contributed by atoms with Crippen LogP contribution >= 0.6 is 0 Å². The van der Waals surface area contributed by atoms with Crippen LogP contribution in [0.25, 0.3) is 0 Å². The van der Waals surface area contributed by atoms with E-state index in [2.05, 4.69) is 26.7 Å². The second-order valence-corrected chi connectivity index (χ2v) is 4.78. The minimum atomic E-state index is 0.772. The molecular weight excluding hydrogens is 212 g/mol. The highest BCUT2D eigenvalue weighted by atomic mass is 15.2. The van der Waals surface area contributed by atoms with Gasteiger partial charge in [-0.15, -0.1) is 0 Å². The van der Waals surface area contributed by atoms with Gasteiger partial charge in [-0.3, -0.25) is 4.90 Å². The molecule has 0 aromatic carbocycles. The van der Waals surface area contributed by atoms with Crippen LogP contribution in [0.4, 0.5) is 0 Å². The van der Waals surface area contributed by atoms with Crippen molar-refractivity contribution in [2.45, 2.75) is 38.8 Å². The summed E-state index contributed by atoms with van der Waals surface area (Å²) in [5.74, 6) is 0. The first-order valence-corrected chi connectivity index (χ1v) is 6.80. The van der Waals surface area contributed by atoms with Crippen LogP contribution in [0.3, 0.4) is 0 Å². The van der Waals surface area contributed by atoms with Gasteiger partial charge in [0.25, 0.3) is 0 Å². The van der Waals surface area contributed by atoms with Crippen LogP contribution in [0.2, 0.25) is 0 Å². The lowest BCUT2D eigenvalue weighted by molar-refractivity contribution is 0.260. The van der Waals surface area contributed by atoms with E-state index < -0.39 is 0 Å². The SMILES string of the molecule is CCN1CCCC1CNCCCn1ccnc1. The fraction of sp³-hybridized carbons (Fsp3) is 0.769. The second kappa shape index (κ2) is 6.77. The molecule has 1 fully saturated rings. The molecule has 0 saturated carbocycles. The molecule has 0 bridgehead atoms. The fourth-order valence-corrected chi connectivity index (χ4v) is 2.62. The maximum Gasteiger partial charge on any atom is 0.0945 e. The number of nitrogens with zero attached hydrogens (tertiary/aromatic N) is 3. The zero-order valence-corrected chi connectivity index (χ0v) is 10.8. The summed E-state index contributed by atoms with van der Waals surface area (Å²) in [6.07, 6.45) is 9.66.